The Hall–Kier alpha value is -2.38. The van der Waals surface area contributed by atoms with Crippen LogP contribution in [0.1, 0.15) is 20.9 Å². The summed E-state index contributed by atoms with van der Waals surface area (Å²) >= 11 is 7.33. The minimum atomic E-state index is -0.202. The number of aryl methyl sites for hydroxylation is 1. The van der Waals surface area contributed by atoms with Gasteiger partial charge in [0.2, 0.25) is 5.91 Å². The van der Waals surface area contributed by atoms with Crippen molar-refractivity contribution in [2.75, 3.05) is 20.6 Å². The lowest BCUT2D eigenvalue weighted by Crippen LogP contribution is -2.36. The van der Waals surface area contributed by atoms with Gasteiger partial charge in [0.1, 0.15) is 4.83 Å². The van der Waals surface area contributed by atoms with Crippen molar-refractivity contribution in [3.8, 4) is 0 Å². The quantitative estimate of drug-likeness (QED) is 0.728. The summed E-state index contributed by atoms with van der Waals surface area (Å²) in [6, 6.07) is 9.47. The topological polar surface area (TPSA) is 67.2 Å². The van der Waals surface area contributed by atoms with E-state index in [0.29, 0.717) is 16.4 Å². The van der Waals surface area contributed by atoms with E-state index in [2.05, 4.69) is 10.4 Å². The zero-order valence-corrected chi connectivity index (χ0v) is 16.3. The van der Waals surface area contributed by atoms with E-state index in [4.69, 9.17) is 11.6 Å². The Kier molecular flexibility index (Phi) is 5.29. The molecule has 3 rings (SSSR count). The number of nitrogens with one attached hydrogen (secondary N) is 1. The number of fused-ring (bicyclic) bond motifs is 1. The Morgan fingerprint density at radius 1 is 1.31 bits per heavy atom. The molecule has 1 N–H and O–H groups in total. The molecule has 0 aliphatic heterocycles. The summed E-state index contributed by atoms with van der Waals surface area (Å²) in [5.74, 6) is -0.376. The van der Waals surface area contributed by atoms with Crippen LogP contribution in [0.2, 0.25) is 5.02 Å². The maximum atomic E-state index is 12.6. The fraction of sp³-hybridized carbons (Fsp3) is 0.278. The third-order valence-electron chi connectivity index (χ3n) is 4.07. The Morgan fingerprint density at radius 3 is 2.65 bits per heavy atom. The van der Waals surface area contributed by atoms with E-state index < -0.39 is 0 Å². The third kappa shape index (κ3) is 3.73. The lowest BCUT2D eigenvalue weighted by molar-refractivity contribution is -0.121. The fourth-order valence-electron chi connectivity index (χ4n) is 2.64. The molecule has 0 saturated heterocycles. The number of amides is 2. The summed E-state index contributed by atoms with van der Waals surface area (Å²) in [5, 5.41) is 8.75. The van der Waals surface area contributed by atoms with Crippen LogP contribution in [0.5, 0.6) is 0 Å². The van der Waals surface area contributed by atoms with Crippen LogP contribution in [0.15, 0.2) is 30.3 Å². The molecule has 26 heavy (non-hydrogen) atoms. The molecule has 136 valence electrons. The number of aromatic nitrogens is 2. The van der Waals surface area contributed by atoms with Crippen molar-refractivity contribution in [1.29, 1.82) is 0 Å². The highest BCUT2D eigenvalue weighted by Gasteiger charge is 2.20. The second-order valence-corrected chi connectivity index (χ2v) is 7.50. The Morgan fingerprint density at radius 2 is 2.00 bits per heavy atom. The van der Waals surface area contributed by atoms with Gasteiger partial charge in [-0.3, -0.25) is 14.3 Å². The van der Waals surface area contributed by atoms with Crippen molar-refractivity contribution in [2.24, 2.45) is 0 Å². The highest BCUT2D eigenvalue weighted by Crippen LogP contribution is 2.29. The van der Waals surface area contributed by atoms with Crippen LogP contribution >= 0.6 is 22.9 Å². The molecule has 1 aromatic carbocycles. The summed E-state index contributed by atoms with van der Waals surface area (Å²) in [5.41, 5.74) is 1.95. The largest absolute Gasteiger partial charge is 0.358 e. The molecule has 0 bridgehead atoms. The maximum Gasteiger partial charge on any atom is 0.264 e. The number of benzene rings is 1. The first-order valence-electron chi connectivity index (χ1n) is 8.06. The average Bonchev–Trinajstić information content (AvgIpc) is 3.17. The fourth-order valence-corrected chi connectivity index (χ4v) is 3.92. The minimum absolute atomic E-state index is 0.0272. The van der Waals surface area contributed by atoms with Gasteiger partial charge in [-0.15, -0.1) is 11.3 Å². The smallest absolute Gasteiger partial charge is 0.264 e. The predicted octanol–water partition coefficient (Wildman–Crippen LogP) is 2.93. The zero-order valence-electron chi connectivity index (χ0n) is 14.7. The van der Waals surface area contributed by atoms with Crippen LogP contribution in [0, 0.1) is 6.92 Å². The summed E-state index contributed by atoms with van der Waals surface area (Å²) in [6.45, 7) is 2.55. The molecule has 3 aromatic rings. The van der Waals surface area contributed by atoms with E-state index in [1.165, 1.54) is 16.2 Å². The summed E-state index contributed by atoms with van der Waals surface area (Å²) in [7, 11) is 3.17. The molecule has 8 heteroatoms. The number of likely N-dealkylation sites (N-methyl/N-ethyl adjacent to an activating group) is 2. The SMILES string of the molecule is CNC(=O)CN(C)C(=O)c1cc2c(C)nn(Cc3ccc(Cl)cc3)c2s1. The van der Waals surface area contributed by atoms with Crippen molar-refractivity contribution < 1.29 is 9.59 Å². The normalized spacial score (nSPS) is 10.9. The molecule has 0 spiro atoms. The highest BCUT2D eigenvalue weighted by atomic mass is 35.5. The molecule has 0 atom stereocenters. The number of rotatable bonds is 5. The van der Waals surface area contributed by atoms with E-state index in [0.717, 1.165) is 21.5 Å². The number of halogens is 1. The van der Waals surface area contributed by atoms with Crippen LogP contribution in [-0.2, 0) is 11.3 Å². The number of hydrogen-bond acceptors (Lipinski definition) is 4. The van der Waals surface area contributed by atoms with E-state index in [-0.39, 0.29) is 18.4 Å². The minimum Gasteiger partial charge on any atom is -0.358 e. The standard InChI is InChI=1S/C18H19ClN4O2S/c1-11-14-8-15(17(25)22(3)10-16(24)20-2)26-18(14)23(21-11)9-12-4-6-13(19)7-5-12/h4-8H,9-10H2,1-3H3,(H,20,24). The third-order valence-corrected chi connectivity index (χ3v) is 5.46. The first kappa shape index (κ1) is 18.4. The van der Waals surface area contributed by atoms with Gasteiger partial charge in [-0.25, -0.2) is 0 Å². The van der Waals surface area contributed by atoms with Crippen molar-refractivity contribution in [3.05, 3.63) is 51.5 Å². The van der Waals surface area contributed by atoms with E-state index >= 15 is 0 Å². The van der Waals surface area contributed by atoms with Gasteiger partial charge >= 0.3 is 0 Å². The molecule has 0 fully saturated rings. The van der Waals surface area contributed by atoms with Crippen LogP contribution in [-0.4, -0.2) is 47.1 Å². The van der Waals surface area contributed by atoms with Crippen molar-refractivity contribution in [3.63, 3.8) is 0 Å². The van der Waals surface area contributed by atoms with Gasteiger partial charge in [-0.2, -0.15) is 5.10 Å². The number of carbonyl (C=O) groups excluding carboxylic acids is 2. The molecule has 0 unspecified atom stereocenters. The van der Waals surface area contributed by atoms with Gasteiger partial charge in [0.15, 0.2) is 0 Å². The van der Waals surface area contributed by atoms with E-state index in [1.54, 1.807) is 14.1 Å². The molecular formula is C18H19ClN4O2S. The second kappa shape index (κ2) is 7.47. The lowest BCUT2D eigenvalue weighted by atomic mass is 10.2. The first-order chi connectivity index (χ1) is 12.4. The number of nitrogens with zero attached hydrogens (tertiary/aromatic N) is 3. The lowest BCUT2D eigenvalue weighted by Gasteiger charge is -2.14. The van der Waals surface area contributed by atoms with Crippen LogP contribution in [0.4, 0.5) is 0 Å². The van der Waals surface area contributed by atoms with Gasteiger partial charge in [0.25, 0.3) is 5.91 Å². The molecule has 2 amide bonds. The number of thiophene rings is 1. The van der Waals surface area contributed by atoms with Crippen LogP contribution in [0.25, 0.3) is 10.2 Å². The molecule has 6 nitrogen and oxygen atoms in total. The van der Waals surface area contributed by atoms with Gasteiger partial charge in [0.05, 0.1) is 23.7 Å². The Balaban J connectivity index is 1.87. The second-order valence-electron chi connectivity index (χ2n) is 6.03. The highest BCUT2D eigenvalue weighted by molar-refractivity contribution is 7.20. The van der Waals surface area contributed by atoms with Crippen molar-refractivity contribution in [2.45, 2.75) is 13.5 Å². The van der Waals surface area contributed by atoms with Gasteiger partial charge in [0, 0.05) is 24.5 Å². The molecular weight excluding hydrogens is 372 g/mol. The average molecular weight is 391 g/mol. The molecule has 2 aromatic heterocycles. The zero-order chi connectivity index (χ0) is 18.8. The van der Waals surface area contributed by atoms with Crippen molar-refractivity contribution >= 4 is 45.0 Å². The van der Waals surface area contributed by atoms with Crippen molar-refractivity contribution in [1.82, 2.24) is 20.0 Å². The molecule has 2 heterocycles. The van der Waals surface area contributed by atoms with E-state index in [1.807, 2.05) is 41.9 Å². The van der Waals surface area contributed by atoms with Crippen LogP contribution in [0.3, 0.4) is 0 Å². The van der Waals surface area contributed by atoms with Gasteiger partial charge in [-0.05, 0) is 30.7 Å². The molecule has 0 aliphatic rings. The molecule has 0 aliphatic carbocycles. The number of hydrogen-bond donors (Lipinski definition) is 1. The van der Waals surface area contributed by atoms with E-state index in [9.17, 15) is 9.59 Å². The predicted molar refractivity (Wildman–Crippen MR) is 104 cm³/mol. The monoisotopic (exact) mass is 390 g/mol. The van der Waals surface area contributed by atoms with Crippen LogP contribution < -0.4 is 5.32 Å². The summed E-state index contributed by atoms with van der Waals surface area (Å²) in [4.78, 5) is 27.0. The first-order valence-corrected chi connectivity index (χ1v) is 9.26. The Labute approximate surface area is 160 Å². The summed E-state index contributed by atoms with van der Waals surface area (Å²) in [6.07, 6.45) is 0. The summed E-state index contributed by atoms with van der Waals surface area (Å²) < 4.78 is 1.90. The maximum absolute atomic E-state index is 12.6. The van der Waals surface area contributed by atoms with Gasteiger partial charge < -0.3 is 10.2 Å². The number of carbonyl (C=O) groups is 2. The molecule has 0 radical (unpaired) electrons. The Bertz CT molecular complexity index is 962. The van der Waals surface area contributed by atoms with Gasteiger partial charge in [-0.1, -0.05) is 23.7 Å². The molecule has 0 saturated carbocycles.